The minimum absolute atomic E-state index is 0.0651. The Bertz CT molecular complexity index is 968. The number of halogens is 5. The van der Waals surface area contributed by atoms with E-state index >= 15 is 0 Å². The summed E-state index contributed by atoms with van der Waals surface area (Å²) in [6, 6.07) is 17.8. The lowest BCUT2D eigenvalue weighted by molar-refractivity contribution is -0.336. The molecule has 0 aliphatic carbocycles. The van der Waals surface area contributed by atoms with Gasteiger partial charge in [-0.2, -0.15) is 22.0 Å². The van der Waals surface area contributed by atoms with E-state index in [1.165, 1.54) is 37.4 Å². The lowest BCUT2D eigenvalue weighted by Gasteiger charge is -2.38. The molecular weight excluding hydrogens is 391 g/mol. The average molecular weight is 408 g/mol. The van der Waals surface area contributed by atoms with Crippen molar-refractivity contribution in [3.8, 4) is 16.9 Å². The van der Waals surface area contributed by atoms with Crippen LogP contribution in [0.3, 0.4) is 0 Å². The molecule has 0 radical (unpaired) electrons. The number of ether oxygens (including phenoxy) is 1. The SMILES string of the molecule is COc1ccc(C(O)(c2ccccc2-c2ccccc2)C(F)(F)C(F)(F)F)cc1. The van der Waals surface area contributed by atoms with Crippen molar-refractivity contribution >= 4 is 0 Å². The Balaban J connectivity index is 2.33. The minimum atomic E-state index is -5.99. The molecule has 152 valence electrons. The molecule has 2 nitrogen and oxygen atoms in total. The summed E-state index contributed by atoms with van der Waals surface area (Å²) in [5.74, 6) is -5.22. The Hall–Kier alpha value is -2.93. The summed E-state index contributed by atoms with van der Waals surface area (Å²) in [5, 5.41) is 11.1. The fourth-order valence-electron chi connectivity index (χ4n) is 3.21. The molecule has 0 aliphatic rings. The van der Waals surface area contributed by atoms with Crippen LogP contribution < -0.4 is 4.74 Å². The van der Waals surface area contributed by atoms with Crippen LogP contribution in [0.5, 0.6) is 5.75 Å². The number of hydrogen-bond acceptors (Lipinski definition) is 2. The monoisotopic (exact) mass is 408 g/mol. The van der Waals surface area contributed by atoms with Crippen LogP contribution in [0.15, 0.2) is 78.9 Å². The van der Waals surface area contributed by atoms with Crippen LogP contribution >= 0.6 is 0 Å². The third-order valence-corrected chi connectivity index (χ3v) is 4.72. The molecule has 0 fully saturated rings. The zero-order chi connectivity index (χ0) is 21.3. The van der Waals surface area contributed by atoms with E-state index in [-0.39, 0.29) is 11.3 Å². The topological polar surface area (TPSA) is 29.5 Å². The van der Waals surface area contributed by atoms with Crippen LogP contribution in [0.1, 0.15) is 11.1 Å². The quantitative estimate of drug-likeness (QED) is 0.541. The van der Waals surface area contributed by atoms with Gasteiger partial charge >= 0.3 is 12.1 Å². The third kappa shape index (κ3) is 3.46. The van der Waals surface area contributed by atoms with Gasteiger partial charge < -0.3 is 9.84 Å². The molecule has 1 N–H and O–H groups in total. The Kier molecular flexibility index (Phi) is 5.36. The van der Waals surface area contributed by atoms with Crippen molar-refractivity contribution in [3.63, 3.8) is 0 Å². The highest BCUT2D eigenvalue weighted by Crippen LogP contribution is 2.53. The molecule has 0 bridgehead atoms. The van der Waals surface area contributed by atoms with Gasteiger partial charge in [0, 0.05) is 5.56 Å². The highest BCUT2D eigenvalue weighted by molar-refractivity contribution is 5.70. The normalized spacial score (nSPS) is 14.3. The Morgan fingerprint density at radius 2 is 1.28 bits per heavy atom. The van der Waals surface area contributed by atoms with Crippen molar-refractivity contribution in [1.82, 2.24) is 0 Å². The van der Waals surface area contributed by atoms with Crippen molar-refractivity contribution in [1.29, 1.82) is 0 Å². The first-order valence-electron chi connectivity index (χ1n) is 8.59. The van der Waals surface area contributed by atoms with E-state index in [2.05, 4.69) is 0 Å². The van der Waals surface area contributed by atoms with E-state index in [0.717, 1.165) is 18.2 Å². The number of aliphatic hydroxyl groups is 1. The summed E-state index contributed by atoms with van der Waals surface area (Å²) in [4.78, 5) is 0. The molecule has 7 heteroatoms. The summed E-state index contributed by atoms with van der Waals surface area (Å²) in [5.41, 5.74) is -4.37. The molecule has 0 saturated carbocycles. The van der Waals surface area contributed by atoms with Crippen LogP contribution in [0.25, 0.3) is 11.1 Å². The lowest BCUT2D eigenvalue weighted by atomic mass is 9.77. The maximum absolute atomic E-state index is 14.8. The molecule has 1 atom stereocenters. The summed E-state index contributed by atoms with van der Waals surface area (Å²) in [6.07, 6.45) is -5.99. The second kappa shape index (κ2) is 7.48. The molecular formula is C22H17F5O2. The van der Waals surface area contributed by atoms with Crippen molar-refractivity contribution in [2.24, 2.45) is 0 Å². The predicted octanol–water partition coefficient (Wildman–Crippen LogP) is 5.80. The zero-order valence-corrected chi connectivity index (χ0v) is 15.3. The molecule has 1 unspecified atom stereocenters. The third-order valence-electron chi connectivity index (χ3n) is 4.72. The maximum Gasteiger partial charge on any atom is 0.457 e. The predicted molar refractivity (Wildman–Crippen MR) is 98.9 cm³/mol. The standard InChI is InChI=1S/C22H17F5O2/c1-29-17-13-11-16(12-14-17)20(28,21(23,24)22(25,26)27)19-10-6-5-9-18(19)15-7-3-2-4-8-15/h2-14,28H,1H3. The van der Waals surface area contributed by atoms with E-state index < -0.39 is 28.8 Å². The fourth-order valence-corrected chi connectivity index (χ4v) is 3.21. The summed E-state index contributed by atoms with van der Waals surface area (Å²) in [6.45, 7) is 0. The van der Waals surface area contributed by atoms with Crippen LogP contribution in [-0.2, 0) is 5.60 Å². The van der Waals surface area contributed by atoms with Gasteiger partial charge in [-0.15, -0.1) is 0 Å². The first-order valence-corrected chi connectivity index (χ1v) is 8.59. The van der Waals surface area contributed by atoms with E-state index in [9.17, 15) is 27.1 Å². The van der Waals surface area contributed by atoms with Crippen LogP contribution in [0.4, 0.5) is 22.0 Å². The first-order chi connectivity index (χ1) is 13.6. The maximum atomic E-state index is 14.8. The van der Waals surface area contributed by atoms with Gasteiger partial charge in [-0.25, -0.2) is 0 Å². The fraction of sp³-hybridized carbons (Fsp3) is 0.182. The molecule has 0 saturated heterocycles. The van der Waals surface area contributed by atoms with Gasteiger partial charge in [0.2, 0.25) is 0 Å². The number of alkyl halides is 5. The van der Waals surface area contributed by atoms with Gasteiger partial charge in [-0.1, -0.05) is 66.7 Å². The molecule has 3 rings (SSSR count). The number of rotatable bonds is 5. The first kappa shape index (κ1) is 20.8. The van der Waals surface area contributed by atoms with Crippen molar-refractivity contribution < 1.29 is 31.8 Å². The molecule has 0 spiro atoms. The van der Waals surface area contributed by atoms with Crippen molar-refractivity contribution in [2.45, 2.75) is 17.7 Å². The van der Waals surface area contributed by atoms with Gasteiger partial charge in [0.15, 0.2) is 5.60 Å². The lowest BCUT2D eigenvalue weighted by Crippen LogP contribution is -2.55. The van der Waals surface area contributed by atoms with Gasteiger partial charge in [0.25, 0.3) is 0 Å². The molecule has 3 aromatic carbocycles. The molecule has 0 aliphatic heterocycles. The molecule has 0 amide bonds. The summed E-state index contributed by atoms with van der Waals surface area (Å²) in [7, 11) is 1.33. The van der Waals surface area contributed by atoms with Gasteiger partial charge in [0.1, 0.15) is 5.75 Å². The molecule has 3 aromatic rings. The Morgan fingerprint density at radius 1 is 0.724 bits per heavy atom. The smallest absolute Gasteiger partial charge is 0.457 e. The van der Waals surface area contributed by atoms with Gasteiger partial charge in [-0.05, 0) is 28.8 Å². The Labute approximate surface area is 164 Å². The second-order valence-corrected chi connectivity index (χ2v) is 6.42. The largest absolute Gasteiger partial charge is 0.497 e. The highest BCUT2D eigenvalue weighted by Gasteiger charge is 2.71. The van der Waals surface area contributed by atoms with Gasteiger partial charge in [-0.3, -0.25) is 0 Å². The van der Waals surface area contributed by atoms with E-state index in [4.69, 9.17) is 4.74 Å². The van der Waals surface area contributed by atoms with E-state index in [1.54, 1.807) is 30.3 Å². The van der Waals surface area contributed by atoms with Crippen molar-refractivity contribution in [2.75, 3.05) is 7.11 Å². The second-order valence-electron chi connectivity index (χ2n) is 6.42. The summed E-state index contributed by atoms with van der Waals surface area (Å²) >= 11 is 0. The van der Waals surface area contributed by atoms with E-state index in [0.29, 0.717) is 5.56 Å². The van der Waals surface area contributed by atoms with Crippen LogP contribution in [0, 0.1) is 0 Å². The van der Waals surface area contributed by atoms with E-state index in [1.807, 2.05) is 0 Å². The highest BCUT2D eigenvalue weighted by atomic mass is 19.4. The average Bonchev–Trinajstić information content (AvgIpc) is 2.73. The molecule has 0 heterocycles. The zero-order valence-electron chi connectivity index (χ0n) is 15.3. The molecule has 29 heavy (non-hydrogen) atoms. The van der Waals surface area contributed by atoms with Crippen molar-refractivity contribution in [3.05, 3.63) is 90.0 Å². The van der Waals surface area contributed by atoms with Gasteiger partial charge in [0.05, 0.1) is 7.11 Å². The van der Waals surface area contributed by atoms with Crippen LogP contribution in [0.2, 0.25) is 0 Å². The number of methoxy groups -OCH3 is 1. The summed E-state index contributed by atoms with van der Waals surface area (Å²) < 4.78 is 74.9. The minimum Gasteiger partial charge on any atom is -0.497 e. The Morgan fingerprint density at radius 3 is 1.83 bits per heavy atom. The molecule has 0 aromatic heterocycles. The van der Waals surface area contributed by atoms with Crippen LogP contribution in [-0.4, -0.2) is 24.3 Å². The number of hydrogen-bond donors (Lipinski definition) is 1. The number of benzene rings is 3.